The topological polar surface area (TPSA) is 12.4 Å². The summed E-state index contributed by atoms with van der Waals surface area (Å²) >= 11 is 12.0. The van der Waals surface area contributed by atoms with Gasteiger partial charge in [-0.05, 0) is 60.3 Å². The van der Waals surface area contributed by atoms with E-state index in [2.05, 4.69) is 17.8 Å². The van der Waals surface area contributed by atoms with E-state index in [-0.39, 0.29) is 0 Å². The molecule has 0 radical (unpaired) electrons. The molecule has 0 unspecified atom stereocenters. The van der Waals surface area contributed by atoms with E-state index in [1.165, 1.54) is 5.56 Å². The first-order valence-corrected chi connectivity index (χ1v) is 8.30. The predicted octanol–water partition coefficient (Wildman–Crippen LogP) is 6.73. The molecule has 0 bridgehead atoms. The average molecular weight is 352 g/mol. The predicted molar refractivity (Wildman–Crippen MR) is 104 cm³/mol. The highest BCUT2D eigenvalue weighted by Gasteiger charge is 2.05. The normalized spacial score (nSPS) is 10.1. The van der Waals surface area contributed by atoms with E-state index in [1.807, 2.05) is 72.8 Å². The number of benzene rings is 3. The van der Waals surface area contributed by atoms with Crippen molar-refractivity contribution in [2.24, 2.45) is 4.99 Å². The zero-order chi connectivity index (χ0) is 16.9. The highest BCUT2D eigenvalue weighted by molar-refractivity contribution is 6.31. The summed E-state index contributed by atoms with van der Waals surface area (Å²) in [4.78, 5) is 4.49. The molecule has 0 aliphatic heterocycles. The zero-order valence-corrected chi connectivity index (χ0v) is 14.6. The quantitative estimate of drug-likeness (QED) is 0.463. The van der Waals surface area contributed by atoms with E-state index in [0.717, 1.165) is 22.4 Å². The molecule has 3 heteroatoms. The van der Waals surface area contributed by atoms with Crippen molar-refractivity contribution in [2.75, 3.05) is 0 Å². The van der Waals surface area contributed by atoms with Crippen LogP contribution in [0.4, 0.5) is 5.69 Å². The summed E-state index contributed by atoms with van der Waals surface area (Å²) in [6, 6.07) is 23.3. The van der Waals surface area contributed by atoms with Crippen LogP contribution in [0.15, 0.2) is 77.8 Å². The van der Waals surface area contributed by atoms with Crippen molar-refractivity contribution in [2.45, 2.75) is 6.92 Å². The van der Waals surface area contributed by atoms with Crippen molar-refractivity contribution >= 4 is 40.3 Å². The summed E-state index contributed by atoms with van der Waals surface area (Å²) in [5.74, 6) is 3.18. The third-order valence-electron chi connectivity index (χ3n) is 3.60. The summed E-state index contributed by atoms with van der Waals surface area (Å²) in [5.41, 5.74) is 4.95. The van der Waals surface area contributed by atoms with Crippen molar-refractivity contribution in [3.63, 3.8) is 0 Å². The van der Waals surface area contributed by atoms with Crippen LogP contribution in [0.5, 0.6) is 0 Å². The lowest BCUT2D eigenvalue weighted by atomic mass is 9.99. The maximum atomic E-state index is 6.00. The molecule has 0 amide bonds. The van der Waals surface area contributed by atoms with Crippen molar-refractivity contribution in [3.8, 4) is 0 Å². The second-order valence-electron chi connectivity index (χ2n) is 5.45. The lowest BCUT2D eigenvalue weighted by Gasteiger charge is -2.05. The Morgan fingerprint density at radius 1 is 0.708 bits per heavy atom. The van der Waals surface area contributed by atoms with Gasteiger partial charge in [-0.2, -0.15) is 0 Å². The molecule has 0 aliphatic rings. The molecule has 3 aromatic carbocycles. The summed E-state index contributed by atoms with van der Waals surface area (Å²) < 4.78 is 0. The summed E-state index contributed by atoms with van der Waals surface area (Å²) in [6.45, 7) is 2.05. The fraction of sp³-hybridized carbons (Fsp3) is 0.0476. The molecule has 3 rings (SSSR count). The number of rotatable bonds is 3. The fourth-order valence-corrected chi connectivity index (χ4v) is 2.52. The van der Waals surface area contributed by atoms with Gasteiger partial charge in [-0.3, -0.25) is 0 Å². The van der Waals surface area contributed by atoms with Gasteiger partial charge in [0.2, 0.25) is 0 Å². The van der Waals surface area contributed by atoms with Crippen LogP contribution < -0.4 is 0 Å². The van der Waals surface area contributed by atoms with Crippen LogP contribution in [0.25, 0.3) is 5.57 Å². The van der Waals surface area contributed by atoms with E-state index in [0.29, 0.717) is 10.0 Å². The smallest absolute Gasteiger partial charge is 0.0730 e. The maximum absolute atomic E-state index is 6.00. The zero-order valence-electron chi connectivity index (χ0n) is 13.1. The first kappa shape index (κ1) is 16.5. The van der Waals surface area contributed by atoms with Gasteiger partial charge in [-0.25, -0.2) is 4.99 Å². The summed E-state index contributed by atoms with van der Waals surface area (Å²) in [7, 11) is 0. The Morgan fingerprint density at radius 2 is 1.17 bits per heavy atom. The van der Waals surface area contributed by atoms with Gasteiger partial charge in [0.1, 0.15) is 0 Å². The SMILES string of the molecule is Cc1ccc(N=C=C(c2ccc(Cl)cc2)c2ccc(Cl)cc2)cc1. The number of aryl methyl sites for hydroxylation is 1. The molecule has 0 saturated carbocycles. The molecule has 0 spiro atoms. The molecule has 0 heterocycles. The lowest BCUT2D eigenvalue weighted by Crippen LogP contribution is -1.88. The highest BCUT2D eigenvalue weighted by atomic mass is 35.5. The van der Waals surface area contributed by atoms with Gasteiger partial charge in [0, 0.05) is 10.0 Å². The van der Waals surface area contributed by atoms with Crippen LogP contribution in [-0.4, -0.2) is 5.87 Å². The number of halogens is 2. The lowest BCUT2D eigenvalue weighted by molar-refractivity contribution is 1.44. The summed E-state index contributed by atoms with van der Waals surface area (Å²) in [5, 5.41) is 1.40. The van der Waals surface area contributed by atoms with Crippen LogP contribution in [0.3, 0.4) is 0 Å². The molecule has 24 heavy (non-hydrogen) atoms. The minimum atomic E-state index is 0.699. The Labute approximate surface area is 151 Å². The van der Waals surface area contributed by atoms with Crippen molar-refractivity contribution in [1.82, 2.24) is 0 Å². The van der Waals surface area contributed by atoms with Gasteiger partial charge in [-0.15, -0.1) is 0 Å². The number of hydrogen-bond acceptors (Lipinski definition) is 1. The molecule has 0 aliphatic carbocycles. The second-order valence-corrected chi connectivity index (χ2v) is 6.32. The molecule has 0 N–H and O–H groups in total. The Hall–Kier alpha value is -2.31. The molecule has 1 nitrogen and oxygen atoms in total. The Balaban J connectivity index is 2.10. The molecule has 0 atom stereocenters. The Kier molecular flexibility index (Phi) is 5.17. The van der Waals surface area contributed by atoms with Gasteiger partial charge in [0.05, 0.1) is 11.3 Å². The van der Waals surface area contributed by atoms with E-state index < -0.39 is 0 Å². The van der Waals surface area contributed by atoms with Crippen molar-refractivity contribution in [3.05, 3.63) is 99.5 Å². The molecule has 0 saturated heterocycles. The fourth-order valence-electron chi connectivity index (χ4n) is 2.27. The van der Waals surface area contributed by atoms with Crippen LogP contribution in [0.1, 0.15) is 16.7 Å². The van der Waals surface area contributed by atoms with E-state index in [1.54, 1.807) is 0 Å². The minimum Gasteiger partial charge on any atom is -0.206 e. The monoisotopic (exact) mass is 351 g/mol. The molecular formula is C21H15Cl2N. The van der Waals surface area contributed by atoms with E-state index in [4.69, 9.17) is 23.2 Å². The molecular weight excluding hydrogens is 337 g/mol. The van der Waals surface area contributed by atoms with Crippen LogP contribution in [0.2, 0.25) is 10.0 Å². The molecule has 0 aromatic heterocycles. The largest absolute Gasteiger partial charge is 0.206 e. The standard InChI is InChI=1S/C21H15Cl2N/c1-15-2-12-20(13-3-15)24-14-21(16-4-8-18(22)9-5-16)17-6-10-19(23)11-7-17/h2-13H,1H3. The first-order valence-electron chi connectivity index (χ1n) is 7.54. The Bertz CT molecular complexity index is 839. The van der Waals surface area contributed by atoms with Gasteiger partial charge in [-0.1, -0.05) is 65.2 Å². The first-order chi connectivity index (χ1) is 11.6. The highest BCUT2D eigenvalue weighted by Crippen LogP contribution is 2.24. The number of nitrogens with zero attached hydrogens (tertiary/aromatic N) is 1. The van der Waals surface area contributed by atoms with Gasteiger partial charge in [0.25, 0.3) is 0 Å². The van der Waals surface area contributed by atoms with Gasteiger partial charge >= 0.3 is 0 Å². The van der Waals surface area contributed by atoms with Gasteiger partial charge < -0.3 is 0 Å². The number of aliphatic imine (C=N–C) groups is 1. The average Bonchev–Trinajstić information content (AvgIpc) is 2.59. The summed E-state index contributed by atoms with van der Waals surface area (Å²) in [6.07, 6.45) is 0. The third kappa shape index (κ3) is 4.15. The van der Waals surface area contributed by atoms with Crippen LogP contribution in [0, 0.1) is 6.92 Å². The van der Waals surface area contributed by atoms with Crippen molar-refractivity contribution < 1.29 is 0 Å². The van der Waals surface area contributed by atoms with E-state index >= 15 is 0 Å². The van der Waals surface area contributed by atoms with Gasteiger partial charge in [0.15, 0.2) is 0 Å². The number of hydrogen-bond donors (Lipinski definition) is 0. The second kappa shape index (κ2) is 7.51. The third-order valence-corrected chi connectivity index (χ3v) is 4.10. The molecule has 3 aromatic rings. The molecule has 118 valence electrons. The van der Waals surface area contributed by atoms with Crippen LogP contribution >= 0.6 is 23.2 Å². The molecule has 0 fully saturated rings. The van der Waals surface area contributed by atoms with Crippen molar-refractivity contribution in [1.29, 1.82) is 0 Å². The Morgan fingerprint density at radius 3 is 1.62 bits per heavy atom. The van der Waals surface area contributed by atoms with E-state index in [9.17, 15) is 0 Å². The van der Waals surface area contributed by atoms with Crippen LogP contribution in [-0.2, 0) is 0 Å². The minimum absolute atomic E-state index is 0.699. The maximum Gasteiger partial charge on any atom is 0.0730 e.